The smallest absolute Gasteiger partial charge is 0.305 e. The van der Waals surface area contributed by atoms with Crippen molar-refractivity contribution in [2.45, 2.75) is 145 Å². The summed E-state index contributed by atoms with van der Waals surface area (Å²) >= 11 is 0. The Morgan fingerprint density at radius 1 is 0.855 bits per heavy atom. The average Bonchev–Trinajstić information content (AvgIpc) is 3.85. The number of carbonyl (C=O) groups is 3. The van der Waals surface area contributed by atoms with Crippen LogP contribution in [0.4, 0.5) is 0 Å². The van der Waals surface area contributed by atoms with Gasteiger partial charge in [0.05, 0.1) is 103 Å². The second kappa shape index (κ2) is 26.1. The van der Waals surface area contributed by atoms with Gasteiger partial charge in [0.1, 0.15) is 36.3 Å². The standard InChI is InChI=1S/C52H79N5O12/c1-6-9-10-12-37-13-14-38-30-53-43-28-48(46(62-4)26-41(43)51(60)56(37)38)68-32-35-24-40(67-22-21-66-20-19-65-18-17-64-16-15-50(58)59)25-36(55-35)33-69-49-29-44-42(27-47(49)63-5)52(61)57-39(31-54-44)23-34(8-3)45(57)11-7-2/h6-7,25,31,34-35,37-45,53,55H,1-2,8-24,26-30,32-33H2,3-5H3,(H,58,59)/t34?,35-,37+,38-,39-,40-,41-,42+,43+,44-,45-/m0/s1. The van der Waals surface area contributed by atoms with Gasteiger partial charge in [0.2, 0.25) is 11.8 Å². The summed E-state index contributed by atoms with van der Waals surface area (Å²) in [5.74, 6) is 2.21. The highest BCUT2D eigenvalue weighted by molar-refractivity contribution is 5.87. The molecule has 0 aromatic carbocycles. The van der Waals surface area contributed by atoms with E-state index < -0.39 is 5.97 Å². The van der Waals surface area contributed by atoms with Crippen molar-refractivity contribution in [1.82, 2.24) is 20.4 Å². The number of fused-ring (bicyclic) bond motifs is 4. The largest absolute Gasteiger partial charge is 0.498 e. The van der Waals surface area contributed by atoms with Gasteiger partial charge in [0.25, 0.3) is 0 Å². The van der Waals surface area contributed by atoms with Crippen LogP contribution in [0.2, 0.25) is 0 Å². The number of nitrogens with zero attached hydrogens (tertiary/aromatic N) is 3. The Balaban J connectivity index is 0.973. The third-order valence-corrected chi connectivity index (χ3v) is 15.1. The third-order valence-electron chi connectivity index (χ3n) is 15.1. The molecule has 384 valence electrons. The Bertz CT molecular complexity index is 1890. The number of amides is 2. The maximum absolute atomic E-state index is 14.3. The molecule has 0 bridgehead atoms. The molecule has 0 aromatic rings. The minimum Gasteiger partial charge on any atom is -0.498 e. The molecular formula is C52H79N5O12. The van der Waals surface area contributed by atoms with E-state index in [0.29, 0.717) is 95.8 Å². The zero-order valence-corrected chi connectivity index (χ0v) is 41.3. The van der Waals surface area contributed by atoms with Crippen LogP contribution in [0.5, 0.6) is 0 Å². The van der Waals surface area contributed by atoms with Crippen molar-refractivity contribution in [3.8, 4) is 0 Å². The first kappa shape index (κ1) is 52.4. The summed E-state index contributed by atoms with van der Waals surface area (Å²) in [6, 6.07) is 0.169. The van der Waals surface area contributed by atoms with Gasteiger partial charge in [0.15, 0.2) is 0 Å². The summed E-state index contributed by atoms with van der Waals surface area (Å²) in [4.78, 5) is 48.5. The highest BCUT2D eigenvalue weighted by atomic mass is 16.6. The molecule has 1 unspecified atom stereocenters. The monoisotopic (exact) mass is 966 g/mol. The van der Waals surface area contributed by atoms with Crippen LogP contribution in [-0.4, -0.2) is 168 Å². The molecule has 0 aromatic heterocycles. The lowest BCUT2D eigenvalue weighted by Gasteiger charge is -2.36. The van der Waals surface area contributed by atoms with Gasteiger partial charge in [-0.05, 0) is 56.9 Å². The number of methoxy groups -OCH3 is 2. The van der Waals surface area contributed by atoms with Crippen molar-refractivity contribution < 1.29 is 57.4 Å². The lowest BCUT2D eigenvalue weighted by Crippen LogP contribution is -2.47. The number of carboxylic acid groups (broad SMARTS) is 1. The van der Waals surface area contributed by atoms with E-state index in [1.165, 1.54) is 0 Å². The Hall–Kier alpha value is -4.42. The summed E-state index contributed by atoms with van der Waals surface area (Å²) in [7, 11) is 3.30. The van der Waals surface area contributed by atoms with Crippen LogP contribution in [0.25, 0.3) is 0 Å². The first-order chi connectivity index (χ1) is 33.7. The van der Waals surface area contributed by atoms with E-state index in [1.54, 1.807) is 14.2 Å². The normalized spacial score (nSPS) is 30.9. The molecule has 0 radical (unpaired) electrons. The molecule has 7 aliphatic rings. The maximum atomic E-state index is 14.3. The molecule has 17 nitrogen and oxygen atoms in total. The average molecular weight is 966 g/mol. The fourth-order valence-electron chi connectivity index (χ4n) is 11.6. The van der Waals surface area contributed by atoms with Crippen molar-refractivity contribution in [3.05, 3.63) is 60.1 Å². The van der Waals surface area contributed by atoms with Crippen molar-refractivity contribution in [3.63, 3.8) is 0 Å². The van der Waals surface area contributed by atoms with Crippen LogP contribution in [0, 0.1) is 17.8 Å². The van der Waals surface area contributed by atoms with Gasteiger partial charge in [0, 0.05) is 74.7 Å². The quantitative estimate of drug-likeness (QED) is 0.0666. The number of aliphatic carboxylic acids is 1. The molecular weight excluding hydrogens is 887 g/mol. The molecule has 3 N–H and O–H groups in total. The second-order valence-corrected chi connectivity index (χ2v) is 19.4. The van der Waals surface area contributed by atoms with Crippen LogP contribution in [0.3, 0.4) is 0 Å². The number of carbonyl (C=O) groups excluding carboxylic acids is 2. The summed E-state index contributed by atoms with van der Waals surface area (Å²) in [6.07, 6.45) is 18.0. The van der Waals surface area contributed by atoms with E-state index in [2.05, 4.69) is 46.6 Å². The van der Waals surface area contributed by atoms with Gasteiger partial charge in [-0.25, -0.2) is 0 Å². The van der Waals surface area contributed by atoms with Crippen molar-refractivity contribution in [1.29, 1.82) is 0 Å². The first-order valence-electron chi connectivity index (χ1n) is 25.6. The minimum absolute atomic E-state index is 0.0115. The van der Waals surface area contributed by atoms with Gasteiger partial charge >= 0.3 is 5.97 Å². The summed E-state index contributed by atoms with van der Waals surface area (Å²) in [5.41, 5.74) is 0.840. The van der Waals surface area contributed by atoms with Gasteiger partial charge in [-0.1, -0.05) is 25.5 Å². The zero-order valence-electron chi connectivity index (χ0n) is 41.3. The molecule has 17 heteroatoms. The molecule has 0 saturated carbocycles. The van der Waals surface area contributed by atoms with Gasteiger partial charge in [-0.15, -0.1) is 13.2 Å². The number of allylic oxidation sites excluding steroid dienone is 3. The van der Waals surface area contributed by atoms with E-state index in [9.17, 15) is 14.4 Å². The van der Waals surface area contributed by atoms with Crippen LogP contribution in [0.1, 0.15) is 96.8 Å². The summed E-state index contributed by atoms with van der Waals surface area (Å²) in [5, 5.41) is 16.2. The van der Waals surface area contributed by atoms with E-state index in [0.717, 1.165) is 75.1 Å². The number of ether oxygens (including phenoxy) is 8. The fourth-order valence-corrected chi connectivity index (χ4v) is 11.6. The highest BCUT2D eigenvalue weighted by Crippen LogP contribution is 2.42. The number of aliphatic imine (C=N–C) groups is 1. The van der Waals surface area contributed by atoms with Crippen LogP contribution < -0.4 is 10.6 Å². The number of rotatable bonds is 28. The zero-order chi connectivity index (χ0) is 48.7. The maximum Gasteiger partial charge on any atom is 0.305 e. The topological polar surface area (TPSA) is 188 Å². The van der Waals surface area contributed by atoms with Gasteiger partial charge in [-0.2, -0.15) is 0 Å². The molecule has 3 saturated heterocycles. The lowest BCUT2D eigenvalue weighted by atomic mass is 9.85. The Morgan fingerprint density at radius 3 is 2.28 bits per heavy atom. The Morgan fingerprint density at radius 2 is 1.57 bits per heavy atom. The van der Waals surface area contributed by atoms with E-state index in [4.69, 9.17) is 48.0 Å². The number of carboxylic acids is 1. The van der Waals surface area contributed by atoms with Crippen LogP contribution in [0.15, 0.2) is 65.1 Å². The number of hydrogen-bond acceptors (Lipinski definition) is 14. The molecule has 2 aliphatic carbocycles. The Labute approximate surface area is 409 Å². The predicted octanol–water partition coefficient (Wildman–Crippen LogP) is 5.42. The molecule has 5 aliphatic heterocycles. The first-order valence-corrected chi connectivity index (χ1v) is 25.6. The minimum atomic E-state index is -0.893. The van der Waals surface area contributed by atoms with Crippen molar-refractivity contribution in [2.24, 2.45) is 22.7 Å². The second-order valence-electron chi connectivity index (χ2n) is 19.4. The van der Waals surface area contributed by atoms with Gasteiger partial charge in [-0.3, -0.25) is 19.4 Å². The van der Waals surface area contributed by atoms with Crippen LogP contribution >= 0.6 is 0 Å². The number of nitrogens with one attached hydrogen (secondary N) is 2. The molecule has 7 rings (SSSR count). The Kier molecular flexibility index (Phi) is 19.9. The van der Waals surface area contributed by atoms with Crippen molar-refractivity contribution >= 4 is 24.0 Å². The summed E-state index contributed by atoms with van der Waals surface area (Å²) < 4.78 is 48.2. The molecule has 2 amide bonds. The summed E-state index contributed by atoms with van der Waals surface area (Å²) in [6.45, 7) is 13.7. The predicted molar refractivity (Wildman–Crippen MR) is 259 cm³/mol. The van der Waals surface area contributed by atoms with E-state index in [1.807, 2.05) is 18.4 Å². The molecule has 11 atom stereocenters. The number of unbranched alkanes of at least 4 members (excludes halogenated alkanes) is 1. The molecule has 69 heavy (non-hydrogen) atoms. The molecule has 5 heterocycles. The van der Waals surface area contributed by atoms with E-state index in [-0.39, 0.29) is 91.7 Å². The van der Waals surface area contributed by atoms with E-state index >= 15 is 0 Å². The lowest BCUT2D eigenvalue weighted by molar-refractivity contribution is -0.139. The fraction of sp³-hybridized carbons (Fsp3) is 0.731. The SMILES string of the molecule is C=CCCC[C@@H]1CC[C@H]2CN[C@@H]3CC(OC[C@@H]4C[C@H](OCCOCCOCCOCCC(=O)O)C=C(COC5=C(OC)C[C@H]6C(=O)N7[C@H](C=N[C@H]6C5)CC(CC)[C@@H]7CC=C)N4)=C(OC)C[C@@H]3C(=O)N12. The highest BCUT2D eigenvalue weighted by Gasteiger charge is 2.49. The molecule has 3 fully saturated rings. The molecule has 0 spiro atoms. The van der Waals surface area contributed by atoms with Crippen LogP contribution in [-0.2, 0) is 52.3 Å². The third kappa shape index (κ3) is 13.5. The number of hydrogen-bond donors (Lipinski definition) is 3. The van der Waals surface area contributed by atoms with Gasteiger partial charge < -0.3 is 63.4 Å². The van der Waals surface area contributed by atoms with Crippen molar-refractivity contribution in [2.75, 3.05) is 80.2 Å².